The Kier molecular flexibility index (Phi) is 5.93. The first kappa shape index (κ1) is 22.3. The SMILES string of the molecule is CCOC(=O)C1=C(C)N=c2s/c(=C/c3ccsc3)c(=O)n2[C@H]1c1c(OC)ccc2ccccc12. The van der Waals surface area contributed by atoms with Crippen molar-refractivity contribution in [2.24, 2.45) is 4.99 Å². The molecule has 2 aromatic heterocycles. The molecule has 3 heterocycles. The van der Waals surface area contributed by atoms with E-state index in [0.717, 1.165) is 21.9 Å². The number of benzene rings is 2. The van der Waals surface area contributed by atoms with Gasteiger partial charge in [-0.15, -0.1) is 0 Å². The van der Waals surface area contributed by atoms with Gasteiger partial charge in [0.1, 0.15) is 11.8 Å². The number of ether oxygens (including phenoxy) is 2. The summed E-state index contributed by atoms with van der Waals surface area (Å²) in [5.41, 5.74) is 2.36. The molecule has 0 saturated carbocycles. The van der Waals surface area contributed by atoms with E-state index >= 15 is 0 Å². The van der Waals surface area contributed by atoms with Gasteiger partial charge in [-0.2, -0.15) is 11.3 Å². The molecule has 0 spiro atoms. The van der Waals surface area contributed by atoms with Crippen LogP contribution in [-0.4, -0.2) is 24.3 Å². The van der Waals surface area contributed by atoms with Crippen LogP contribution < -0.4 is 19.6 Å². The quantitative estimate of drug-likeness (QED) is 0.396. The van der Waals surface area contributed by atoms with Gasteiger partial charge in [0.25, 0.3) is 5.56 Å². The minimum Gasteiger partial charge on any atom is -0.496 e. The molecule has 5 rings (SSSR count). The van der Waals surface area contributed by atoms with Crippen LogP contribution in [0.3, 0.4) is 0 Å². The molecule has 1 atom stereocenters. The van der Waals surface area contributed by atoms with Gasteiger partial charge in [0.05, 0.1) is 29.5 Å². The molecule has 4 aromatic rings. The third-order valence-corrected chi connectivity index (χ3v) is 7.47. The van der Waals surface area contributed by atoms with E-state index < -0.39 is 12.0 Å². The van der Waals surface area contributed by atoms with Gasteiger partial charge in [0, 0.05) is 5.56 Å². The van der Waals surface area contributed by atoms with Crippen LogP contribution in [0.15, 0.2) is 74.3 Å². The van der Waals surface area contributed by atoms with E-state index in [4.69, 9.17) is 9.47 Å². The average Bonchev–Trinajstić information content (AvgIpc) is 3.45. The van der Waals surface area contributed by atoms with Crippen molar-refractivity contribution in [1.82, 2.24) is 4.57 Å². The van der Waals surface area contributed by atoms with Gasteiger partial charge in [-0.05, 0) is 59.2 Å². The lowest BCUT2D eigenvalue weighted by molar-refractivity contribution is -0.139. The second kappa shape index (κ2) is 9.04. The Morgan fingerprint density at radius 3 is 2.76 bits per heavy atom. The molecule has 2 aromatic carbocycles. The molecular formula is C26H22N2O4S2. The van der Waals surface area contributed by atoms with E-state index in [0.29, 0.717) is 26.4 Å². The number of rotatable bonds is 5. The van der Waals surface area contributed by atoms with Crippen LogP contribution in [0.2, 0.25) is 0 Å². The highest BCUT2D eigenvalue weighted by Crippen LogP contribution is 2.40. The zero-order valence-electron chi connectivity index (χ0n) is 18.9. The molecule has 0 bridgehead atoms. The first-order chi connectivity index (χ1) is 16.5. The lowest BCUT2D eigenvalue weighted by atomic mass is 9.90. The summed E-state index contributed by atoms with van der Waals surface area (Å²) in [6, 6.07) is 12.9. The molecule has 8 heteroatoms. The van der Waals surface area contributed by atoms with E-state index in [1.807, 2.05) is 59.3 Å². The number of allylic oxidation sites excluding steroid dienone is 1. The topological polar surface area (TPSA) is 69.9 Å². The smallest absolute Gasteiger partial charge is 0.338 e. The van der Waals surface area contributed by atoms with E-state index in [1.165, 1.54) is 11.3 Å². The number of carbonyl (C=O) groups is 1. The molecule has 34 heavy (non-hydrogen) atoms. The fraction of sp³-hybridized carbons (Fsp3) is 0.192. The third kappa shape index (κ3) is 3.69. The molecule has 1 aliphatic heterocycles. The fourth-order valence-corrected chi connectivity index (χ4v) is 5.97. The summed E-state index contributed by atoms with van der Waals surface area (Å²) < 4.78 is 13.3. The van der Waals surface area contributed by atoms with Gasteiger partial charge < -0.3 is 9.47 Å². The maximum atomic E-state index is 13.8. The number of aromatic nitrogens is 1. The van der Waals surface area contributed by atoms with Crippen molar-refractivity contribution in [2.75, 3.05) is 13.7 Å². The highest BCUT2D eigenvalue weighted by atomic mass is 32.1. The normalized spacial score (nSPS) is 15.9. The lowest BCUT2D eigenvalue weighted by Crippen LogP contribution is -2.40. The van der Waals surface area contributed by atoms with Crippen LogP contribution in [0.5, 0.6) is 5.75 Å². The first-order valence-corrected chi connectivity index (χ1v) is 12.6. The highest BCUT2D eigenvalue weighted by molar-refractivity contribution is 7.08. The highest BCUT2D eigenvalue weighted by Gasteiger charge is 2.36. The Balaban J connectivity index is 1.87. The van der Waals surface area contributed by atoms with Crippen molar-refractivity contribution < 1.29 is 14.3 Å². The van der Waals surface area contributed by atoms with Gasteiger partial charge >= 0.3 is 5.97 Å². The number of hydrogen-bond acceptors (Lipinski definition) is 7. The Labute approximate surface area is 203 Å². The molecule has 0 aliphatic carbocycles. The number of carbonyl (C=O) groups excluding carboxylic acids is 1. The van der Waals surface area contributed by atoms with Gasteiger partial charge in [-0.3, -0.25) is 9.36 Å². The van der Waals surface area contributed by atoms with Crippen LogP contribution in [-0.2, 0) is 9.53 Å². The Bertz CT molecular complexity index is 1610. The molecule has 1 aliphatic rings. The van der Waals surface area contributed by atoms with Gasteiger partial charge in [-0.25, -0.2) is 9.79 Å². The number of hydrogen-bond donors (Lipinski definition) is 0. The Hall–Kier alpha value is -3.49. The van der Waals surface area contributed by atoms with E-state index in [1.54, 1.807) is 36.9 Å². The van der Waals surface area contributed by atoms with Gasteiger partial charge in [0.2, 0.25) is 0 Å². The summed E-state index contributed by atoms with van der Waals surface area (Å²) >= 11 is 2.88. The van der Waals surface area contributed by atoms with Crippen molar-refractivity contribution in [3.63, 3.8) is 0 Å². The predicted octanol–water partition coefficient (Wildman–Crippen LogP) is 4.02. The summed E-state index contributed by atoms with van der Waals surface area (Å²) in [6.45, 7) is 3.77. The standard InChI is InChI=1S/C26H22N2O4S2/c1-4-32-25(30)21-15(2)27-26-28(24(29)20(34-26)13-16-11-12-33-14-16)23(21)22-18-8-6-5-7-17(18)9-10-19(22)31-3/h5-14,23H,4H2,1-3H3/b20-13+/t23-/m1/s1. The predicted molar refractivity (Wildman–Crippen MR) is 135 cm³/mol. The lowest BCUT2D eigenvalue weighted by Gasteiger charge is -2.27. The second-order valence-electron chi connectivity index (χ2n) is 7.76. The number of esters is 1. The third-order valence-electron chi connectivity index (χ3n) is 5.78. The maximum absolute atomic E-state index is 13.8. The number of thiophene rings is 1. The van der Waals surface area contributed by atoms with Crippen molar-refractivity contribution in [2.45, 2.75) is 19.9 Å². The summed E-state index contributed by atoms with van der Waals surface area (Å²) in [7, 11) is 1.59. The van der Waals surface area contributed by atoms with Crippen LogP contribution >= 0.6 is 22.7 Å². The van der Waals surface area contributed by atoms with Crippen LogP contribution in [0, 0.1) is 0 Å². The summed E-state index contributed by atoms with van der Waals surface area (Å²) in [4.78, 5) is 32.2. The number of nitrogens with zero attached hydrogens (tertiary/aromatic N) is 2. The fourth-order valence-electron chi connectivity index (χ4n) is 4.31. The Morgan fingerprint density at radius 1 is 1.21 bits per heavy atom. The molecule has 0 radical (unpaired) electrons. The summed E-state index contributed by atoms with van der Waals surface area (Å²) in [5.74, 6) is 0.100. The molecule has 172 valence electrons. The minimum absolute atomic E-state index is 0.204. The molecule has 0 amide bonds. The molecule has 0 saturated heterocycles. The number of thiazole rings is 1. The zero-order chi connectivity index (χ0) is 23.8. The number of fused-ring (bicyclic) bond motifs is 2. The zero-order valence-corrected chi connectivity index (χ0v) is 20.5. The van der Waals surface area contributed by atoms with Crippen LogP contribution in [0.25, 0.3) is 16.8 Å². The van der Waals surface area contributed by atoms with E-state index in [-0.39, 0.29) is 12.2 Å². The van der Waals surface area contributed by atoms with Crippen molar-refractivity contribution in [3.05, 3.63) is 95.3 Å². The van der Waals surface area contributed by atoms with Crippen molar-refractivity contribution in [3.8, 4) is 5.75 Å². The van der Waals surface area contributed by atoms with E-state index in [2.05, 4.69) is 4.99 Å². The monoisotopic (exact) mass is 490 g/mol. The summed E-state index contributed by atoms with van der Waals surface area (Å²) in [5, 5.41) is 5.83. The second-order valence-corrected chi connectivity index (χ2v) is 9.55. The van der Waals surface area contributed by atoms with Crippen molar-refractivity contribution in [1.29, 1.82) is 0 Å². The average molecular weight is 491 g/mol. The molecule has 6 nitrogen and oxygen atoms in total. The largest absolute Gasteiger partial charge is 0.496 e. The summed E-state index contributed by atoms with van der Waals surface area (Å²) in [6.07, 6.45) is 1.86. The van der Waals surface area contributed by atoms with Crippen LogP contribution in [0.4, 0.5) is 0 Å². The molecule has 0 unspecified atom stereocenters. The van der Waals surface area contributed by atoms with E-state index in [9.17, 15) is 9.59 Å². The van der Waals surface area contributed by atoms with Gasteiger partial charge in [-0.1, -0.05) is 41.7 Å². The maximum Gasteiger partial charge on any atom is 0.338 e. The van der Waals surface area contributed by atoms with Crippen molar-refractivity contribution >= 4 is 45.5 Å². The Morgan fingerprint density at radius 2 is 2.03 bits per heavy atom. The van der Waals surface area contributed by atoms with Crippen LogP contribution in [0.1, 0.15) is 31.0 Å². The molecular weight excluding hydrogens is 468 g/mol. The molecule has 0 N–H and O–H groups in total. The first-order valence-electron chi connectivity index (χ1n) is 10.8. The minimum atomic E-state index is -0.735. The van der Waals surface area contributed by atoms with Gasteiger partial charge in [0.15, 0.2) is 4.80 Å². The molecule has 0 fully saturated rings. The number of methoxy groups -OCH3 is 1.